The Bertz CT molecular complexity index is 3610. The van der Waals surface area contributed by atoms with E-state index in [0.717, 1.165) is 72.1 Å². The molecule has 13 rings (SSSR count). The lowest BCUT2D eigenvalue weighted by atomic mass is 9.71. The highest BCUT2D eigenvalue weighted by atomic mass is 16.3. The number of nitrogens with zero attached hydrogens (tertiary/aromatic N) is 1. The van der Waals surface area contributed by atoms with Crippen LogP contribution in [0, 0.1) is 0 Å². The van der Waals surface area contributed by atoms with Gasteiger partial charge in [0.15, 0.2) is 0 Å². The average molecular weight is 782 g/mol. The van der Waals surface area contributed by atoms with Crippen molar-refractivity contribution in [3.8, 4) is 22.3 Å². The molecule has 3 nitrogen and oxygen atoms in total. The minimum absolute atomic E-state index is 0.200. The molecule has 0 saturated carbocycles. The van der Waals surface area contributed by atoms with Crippen LogP contribution >= 0.6 is 0 Å². The molecule has 0 saturated heterocycles. The summed E-state index contributed by atoms with van der Waals surface area (Å²) in [5.74, 6) is 0. The quantitative estimate of drug-likeness (QED) is 0.163. The Kier molecular flexibility index (Phi) is 6.86. The zero-order valence-electron chi connectivity index (χ0n) is 33.9. The summed E-state index contributed by atoms with van der Waals surface area (Å²) in [4.78, 5) is 2.55. The third-order valence-electron chi connectivity index (χ3n) is 13.8. The van der Waals surface area contributed by atoms with E-state index >= 15 is 0 Å². The number of benzene rings is 8. The van der Waals surface area contributed by atoms with Crippen LogP contribution in [-0.2, 0) is 10.8 Å². The highest BCUT2D eigenvalue weighted by Crippen LogP contribution is 2.65. The van der Waals surface area contributed by atoms with Crippen molar-refractivity contribution in [2.24, 2.45) is 0 Å². The first-order valence-corrected chi connectivity index (χ1v) is 21.1. The molecule has 10 aromatic rings. The smallest absolute Gasteiger partial charge is 0.143 e. The molecule has 3 heteroatoms. The van der Waals surface area contributed by atoms with E-state index in [1.807, 2.05) is 12.1 Å². The van der Waals surface area contributed by atoms with Gasteiger partial charge in [-0.05, 0) is 92.5 Å². The Balaban J connectivity index is 1.19. The van der Waals surface area contributed by atoms with Crippen molar-refractivity contribution in [1.29, 1.82) is 0 Å². The normalized spacial score (nSPS) is 16.8. The van der Waals surface area contributed by atoms with Crippen LogP contribution in [0.15, 0.2) is 209 Å². The molecule has 8 aromatic carbocycles. The molecule has 2 heterocycles. The van der Waals surface area contributed by atoms with Gasteiger partial charge in [-0.1, -0.05) is 166 Å². The first-order chi connectivity index (χ1) is 30.0. The van der Waals surface area contributed by atoms with Gasteiger partial charge in [0.25, 0.3) is 0 Å². The third-order valence-corrected chi connectivity index (χ3v) is 13.8. The standard InChI is InChI=1S/C58H39NO2/c1-4-5-16-43-38-18-7-12-23-47(38)58(48-24-13-8-21-44(48)54-49(58)31-30-42-40-19-9-15-26-52(40)61-55(42)54)56(43)59(35-28-32-53-45(33-35)41-20-10-14-25-51(41)60-53)36-27-29-39-37-17-6-11-22-46(37)57(2,3)50(39)34-36/h4-34H,1H2,2-3H3/b16-5-. The molecule has 0 radical (unpaired) electrons. The fourth-order valence-corrected chi connectivity index (χ4v) is 11.3. The van der Waals surface area contributed by atoms with Crippen molar-refractivity contribution >= 4 is 60.8 Å². The maximum atomic E-state index is 6.92. The molecule has 1 unspecified atom stereocenters. The van der Waals surface area contributed by atoms with E-state index in [2.05, 4.69) is 201 Å². The number of fused-ring (bicyclic) bond motifs is 17. The van der Waals surface area contributed by atoms with Gasteiger partial charge in [0.05, 0.1) is 11.1 Å². The predicted molar refractivity (Wildman–Crippen MR) is 252 cm³/mol. The van der Waals surface area contributed by atoms with Crippen molar-refractivity contribution in [2.75, 3.05) is 4.90 Å². The lowest BCUT2D eigenvalue weighted by Gasteiger charge is -2.40. The Morgan fingerprint density at radius 1 is 0.475 bits per heavy atom. The SMILES string of the molecule is C=C/C=C\C1=C(N(c2ccc3c(c2)C(C)(C)c2ccccc2-3)c2ccc3oc4ccccc4c3c2)C2(c3ccccc31)c1ccccc1-c1c2ccc2c1oc1ccccc12. The van der Waals surface area contributed by atoms with Gasteiger partial charge in [-0.2, -0.15) is 0 Å². The third kappa shape index (κ3) is 4.37. The van der Waals surface area contributed by atoms with E-state index in [9.17, 15) is 0 Å². The number of hydrogen-bond donors (Lipinski definition) is 0. The van der Waals surface area contributed by atoms with Gasteiger partial charge in [-0.25, -0.2) is 0 Å². The lowest BCUT2D eigenvalue weighted by molar-refractivity contribution is 0.660. The molecule has 0 bridgehead atoms. The van der Waals surface area contributed by atoms with Gasteiger partial charge in [0, 0.05) is 49.5 Å². The summed E-state index contributed by atoms with van der Waals surface area (Å²) in [6.45, 7) is 8.89. The van der Waals surface area contributed by atoms with Crippen LogP contribution in [0.1, 0.15) is 47.2 Å². The minimum Gasteiger partial charge on any atom is -0.456 e. The molecule has 288 valence electrons. The number of allylic oxidation sites excluding steroid dienone is 5. The Hall–Kier alpha value is -7.62. The first kappa shape index (κ1) is 34.3. The largest absolute Gasteiger partial charge is 0.456 e. The maximum Gasteiger partial charge on any atom is 0.143 e. The van der Waals surface area contributed by atoms with E-state index < -0.39 is 5.41 Å². The van der Waals surface area contributed by atoms with Crippen LogP contribution in [0.25, 0.3) is 71.7 Å². The van der Waals surface area contributed by atoms with Gasteiger partial charge >= 0.3 is 0 Å². The average Bonchev–Trinajstić information content (AvgIpc) is 4.07. The molecule has 1 atom stereocenters. The van der Waals surface area contributed by atoms with Crippen molar-refractivity contribution in [2.45, 2.75) is 24.7 Å². The van der Waals surface area contributed by atoms with Gasteiger partial charge in [-0.15, -0.1) is 0 Å². The molecule has 3 aliphatic rings. The maximum absolute atomic E-state index is 6.92. The lowest BCUT2D eigenvalue weighted by Crippen LogP contribution is -2.36. The van der Waals surface area contributed by atoms with Crippen LogP contribution in [0.2, 0.25) is 0 Å². The zero-order valence-corrected chi connectivity index (χ0v) is 33.9. The van der Waals surface area contributed by atoms with Gasteiger partial charge in [-0.3, -0.25) is 0 Å². The monoisotopic (exact) mass is 781 g/mol. The van der Waals surface area contributed by atoms with Crippen molar-refractivity contribution in [3.63, 3.8) is 0 Å². The second kappa shape index (κ2) is 12.2. The van der Waals surface area contributed by atoms with Gasteiger partial charge in [0.2, 0.25) is 0 Å². The van der Waals surface area contributed by atoms with Crippen molar-refractivity contribution in [3.05, 3.63) is 234 Å². The van der Waals surface area contributed by atoms with Crippen LogP contribution in [0.3, 0.4) is 0 Å². The van der Waals surface area contributed by atoms with Crippen molar-refractivity contribution < 1.29 is 8.83 Å². The molecular formula is C58H39NO2. The molecule has 0 amide bonds. The Labute approximate surface area is 353 Å². The fourth-order valence-electron chi connectivity index (χ4n) is 11.3. The van der Waals surface area contributed by atoms with Crippen LogP contribution in [0.5, 0.6) is 0 Å². The molecular weight excluding hydrogens is 743 g/mol. The van der Waals surface area contributed by atoms with E-state index in [1.165, 1.54) is 50.1 Å². The highest BCUT2D eigenvalue weighted by Gasteiger charge is 2.56. The molecule has 2 aromatic heterocycles. The van der Waals surface area contributed by atoms with Crippen LogP contribution < -0.4 is 4.90 Å². The molecule has 3 aliphatic carbocycles. The molecule has 0 aliphatic heterocycles. The van der Waals surface area contributed by atoms with Gasteiger partial charge in [0.1, 0.15) is 22.3 Å². The molecule has 0 fully saturated rings. The summed E-state index contributed by atoms with van der Waals surface area (Å²) in [5, 5.41) is 4.43. The first-order valence-electron chi connectivity index (χ1n) is 21.1. The number of para-hydroxylation sites is 2. The van der Waals surface area contributed by atoms with E-state index in [0.29, 0.717) is 0 Å². The number of hydrogen-bond acceptors (Lipinski definition) is 3. The number of furan rings is 2. The second-order valence-electron chi connectivity index (χ2n) is 17.2. The second-order valence-corrected chi connectivity index (χ2v) is 17.2. The Morgan fingerprint density at radius 2 is 1.07 bits per heavy atom. The van der Waals surface area contributed by atoms with E-state index in [-0.39, 0.29) is 5.41 Å². The topological polar surface area (TPSA) is 29.5 Å². The highest BCUT2D eigenvalue weighted by molar-refractivity contribution is 6.14. The fraction of sp³-hybridized carbons (Fsp3) is 0.0690. The zero-order chi connectivity index (χ0) is 40.6. The summed E-state index contributed by atoms with van der Waals surface area (Å²) in [6, 6.07) is 62.2. The minimum atomic E-state index is -0.735. The summed E-state index contributed by atoms with van der Waals surface area (Å²) in [5.41, 5.74) is 19.5. The van der Waals surface area contributed by atoms with E-state index in [4.69, 9.17) is 8.83 Å². The van der Waals surface area contributed by atoms with Gasteiger partial charge < -0.3 is 13.7 Å². The summed E-state index contributed by atoms with van der Waals surface area (Å²) >= 11 is 0. The number of rotatable bonds is 5. The van der Waals surface area contributed by atoms with Crippen molar-refractivity contribution in [1.82, 2.24) is 0 Å². The van der Waals surface area contributed by atoms with Crippen LogP contribution in [-0.4, -0.2) is 0 Å². The summed E-state index contributed by atoms with van der Waals surface area (Å²) in [7, 11) is 0. The molecule has 61 heavy (non-hydrogen) atoms. The molecule has 1 spiro atoms. The predicted octanol–water partition coefficient (Wildman–Crippen LogP) is 15.4. The van der Waals surface area contributed by atoms with Crippen LogP contribution in [0.4, 0.5) is 11.4 Å². The Morgan fingerprint density at radius 3 is 1.85 bits per heavy atom. The number of anilines is 2. The summed E-state index contributed by atoms with van der Waals surface area (Å²) in [6.07, 6.45) is 6.24. The summed E-state index contributed by atoms with van der Waals surface area (Å²) < 4.78 is 13.4. The van der Waals surface area contributed by atoms with E-state index in [1.54, 1.807) is 0 Å². The molecule has 0 N–H and O–H groups in total.